The van der Waals surface area contributed by atoms with E-state index in [1.165, 1.54) is 4.90 Å². The number of benzene rings is 1. The van der Waals surface area contributed by atoms with Crippen molar-refractivity contribution in [2.75, 3.05) is 40.0 Å². The zero-order valence-corrected chi connectivity index (χ0v) is 12.9. The first-order valence-electron chi connectivity index (χ1n) is 7.46. The molecule has 7 heteroatoms. The summed E-state index contributed by atoms with van der Waals surface area (Å²) in [6.07, 6.45) is -0.181. The van der Waals surface area contributed by atoms with Gasteiger partial charge < -0.3 is 14.4 Å². The van der Waals surface area contributed by atoms with Crippen LogP contribution in [0.5, 0.6) is 0 Å². The highest BCUT2D eigenvalue weighted by Crippen LogP contribution is 2.22. The third-order valence-corrected chi connectivity index (χ3v) is 3.96. The summed E-state index contributed by atoms with van der Waals surface area (Å²) in [5.74, 6) is -1.16. The molecule has 1 aromatic carbocycles. The maximum absolute atomic E-state index is 12.3. The molecule has 2 aliphatic rings. The van der Waals surface area contributed by atoms with Crippen LogP contribution in [0, 0.1) is 0 Å². The highest BCUT2D eigenvalue weighted by Gasteiger charge is 2.36. The van der Waals surface area contributed by atoms with Crippen LogP contribution in [-0.4, -0.2) is 73.6 Å². The first kappa shape index (κ1) is 15.6. The molecular formula is C16H18N2O5. The van der Waals surface area contributed by atoms with Crippen molar-refractivity contribution >= 4 is 17.7 Å². The van der Waals surface area contributed by atoms with Crippen molar-refractivity contribution in [3.8, 4) is 0 Å². The fourth-order valence-electron chi connectivity index (χ4n) is 2.69. The summed E-state index contributed by atoms with van der Waals surface area (Å²) in [5.41, 5.74) is 0.689. The second kappa shape index (κ2) is 6.47. The van der Waals surface area contributed by atoms with Gasteiger partial charge in [-0.05, 0) is 12.1 Å². The lowest BCUT2D eigenvalue weighted by atomic mass is 10.1. The SMILES string of the molecule is CN(C[C@@H]1COCCO1)C(=O)CN1C(=O)c2ccccc2C1=O. The Labute approximate surface area is 133 Å². The Kier molecular flexibility index (Phi) is 4.40. The molecule has 1 saturated heterocycles. The van der Waals surface area contributed by atoms with Gasteiger partial charge in [0.05, 0.1) is 37.1 Å². The number of nitrogens with zero attached hydrogens (tertiary/aromatic N) is 2. The zero-order valence-electron chi connectivity index (χ0n) is 12.9. The lowest BCUT2D eigenvalue weighted by molar-refractivity contribution is -0.136. The van der Waals surface area contributed by atoms with Crippen LogP contribution in [0.2, 0.25) is 0 Å². The third kappa shape index (κ3) is 3.11. The highest BCUT2D eigenvalue weighted by molar-refractivity contribution is 6.22. The van der Waals surface area contributed by atoms with Gasteiger partial charge in [0, 0.05) is 13.6 Å². The zero-order chi connectivity index (χ0) is 16.4. The normalized spacial score (nSPS) is 20.6. The molecule has 1 fully saturated rings. The molecule has 23 heavy (non-hydrogen) atoms. The fraction of sp³-hybridized carbons (Fsp3) is 0.438. The lowest BCUT2D eigenvalue weighted by Gasteiger charge is -2.28. The van der Waals surface area contributed by atoms with E-state index in [-0.39, 0.29) is 18.6 Å². The van der Waals surface area contributed by atoms with Gasteiger partial charge in [-0.3, -0.25) is 19.3 Å². The Morgan fingerprint density at radius 1 is 1.22 bits per heavy atom. The van der Waals surface area contributed by atoms with Crippen LogP contribution in [0.4, 0.5) is 0 Å². The minimum Gasteiger partial charge on any atom is -0.376 e. The summed E-state index contributed by atoms with van der Waals surface area (Å²) < 4.78 is 10.8. The number of hydrogen-bond acceptors (Lipinski definition) is 5. The van der Waals surface area contributed by atoms with Crippen LogP contribution in [0.3, 0.4) is 0 Å². The molecule has 122 valence electrons. The third-order valence-electron chi connectivity index (χ3n) is 3.96. The molecule has 1 aromatic rings. The monoisotopic (exact) mass is 318 g/mol. The standard InChI is InChI=1S/C16H18N2O5/c1-17(8-11-10-22-6-7-23-11)14(19)9-18-15(20)12-4-2-3-5-13(12)16(18)21/h2-5,11H,6-10H2,1H3/t11-/m1/s1. The Morgan fingerprint density at radius 3 is 2.43 bits per heavy atom. The van der Waals surface area contributed by atoms with Crippen LogP contribution in [0.25, 0.3) is 0 Å². The summed E-state index contributed by atoms with van der Waals surface area (Å²) in [5, 5.41) is 0. The highest BCUT2D eigenvalue weighted by atomic mass is 16.6. The van der Waals surface area contributed by atoms with Gasteiger partial charge in [-0.2, -0.15) is 0 Å². The van der Waals surface area contributed by atoms with E-state index in [1.807, 2.05) is 0 Å². The predicted molar refractivity (Wildman–Crippen MR) is 80.0 cm³/mol. The largest absolute Gasteiger partial charge is 0.376 e. The van der Waals surface area contributed by atoms with Crippen molar-refractivity contribution in [3.63, 3.8) is 0 Å². The molecule has 2 aliphatic heterocycles. The predicted octanol–water partition coefficient (Wildman–Crippen LogP) is 0.156. The number of amides is 3. The Morgan fingerprint density at radius 2 is 1.87 bits per heavy atom. The van der Waals surface area contributed by atoms with Gasteiger partial charge >= 0.3 is 0 Å². The molecule has 1 atom stereocenters. The van der Waals surface area contributed by atoms with Gasteiger partial charge in [0.2, 0.25) is 5.91 Å². The number of carbonyl (C=O) groups is 3. The van der Waals surface area contributed by atoms with Crippen molar-refractivity contribution < 1.29 is 23.9 Å². The van der Waals surface area contributed by atoms with Gasteiger partial charge in [0.15, 0.2) is 0 Å². The maximum Gasteiger partial charge on any atom is 0.262 e. The molecule has 2 heterocycles. The van der Waals surface area contributed by atoms with Gasteiger partial charge in [0.25, 0.3) is 11.8 Å². The Bertz CT molecular complexity index is 604. The minimum atomic E-state index is -0.426. The van der Waals surface area contributed by atoms with Crippen LogP contribution in [0.15, 0.2) is 24.3 Å². The first-order chi connectivity index (χ1) is 11.1. The number of carbonyl (C=O) groups excluding carboxylic acids is 3. The quantitative estimate of drug-likeness (QED) is 0.739. The number of imide groups is 1. The summed E-state index contributed by atoms with van der Waals surface area (Å²) in [7, 11) is 1.62. The lowest BCUT2D eigenvalue weighted by Crippen LogP contribution is -2.45. The molecule has 0 aliphatic carbocycles. The Balaban J connectivity index is 1.62. The van der Waals surface area contributed by atoms with Crippen molar-refractivity contribution in [3.05, 3.63) is 35.4 Å². The topological polar surface area (TPSA) is 76.2 Å². The first-order valence-corrected chi connectivity index (χ1v) is 7.46. The average Bonchev–Trinajstić information content (AvgIpc) is 2.81. The van der Waals surface area contributed by atoms with E-state index in [0.29, 0.717) is 37.5 Å². The molecule has 0 N–H and O–H groups in total. The van der Waals surface area contributed by atoms with Gasteiger partial charge in [0.1, 0.15) is 6.54 Å². The number of ether oxygens (including phenoxy) is 2. The molecule has 0 spiro atoms. The van der Waals surface area contributed by atoms with Gasteiger partial charge in [-0.15, -0.1) is 0 Å². The number of rotatable bonds is 4. The smallest absolute Gasteiger partial charge is 0.262 e. The van der Waals surface area contributed by atoms with Crippen LogP contribution >= 0.6 is 0 Å². The summed E-state index contributed by atoms with van der Waals surface area (Å²) in [6, 6.07) is 6.58. The van der Waals surface area contributed by atoms with Gasteiger partial charge in [-0.25, -0.2) is 0 Å². The molecule has 0 unspecified atom stereocenters. The van der Waals surface area contributed by atoms with Crippen molar-refractivity contribution in [1.29, 1.82) is 0 Å². The molecule has 0 aromatic heterocycles. The van der Waals surface area contributed by atoms with E-state index in [4.69, 9.17) is 9.47 Å². The molecular weight excluding hydrogens is 300 g/mol. The molecule has 3 amide bonds. The number of likely N-dealkylation sites (N-methyl/N-ethyl adjacent to an activating group) is 1. The summed E-state index contributed by atoms with van der Waals surface area (Å²) >= 11 is 0. The Hall–Kier alpha value is -2.25. The molecule has 3 rings (SSSR count). The van der Waals surface area contributed by atoms with Crippen molar-refractivity contribution in [2.45, 2.75) is 6.10 Å². The average molecular weight is 318 g/mol. The van der Waals surface area contributed by atoms with Crippen LogP contribution < -0.4 is 0 Å². The maximum atomic E-state index is 12.3. The van der Waals surface area contributed by atoms with E-state index < -0.39 is 11.8 Å². The van der Waals surface area contributed by atoms with E-state index >= 15 is 0 Å². The number of hydrogen-bond donors (Lipinski definition) is 0. The van der Waals surface area contributed by atoms with E-state index in [1.54, 1.807) is 31.3 Å². The molecule has 0 radical (unpaired) electrons. The number of fused-ring (bicyclic) bond motifs is 1. The summed E-state index contributed by atoms with van der Waals surface area (Å²) in [6.45, 7) is 1.59. The van der Waals surface area contributed by atoms with E-state index in [9.17, 15) is 14.4 Å². The van der Waals surface area contributed by atoms with Crippen molar-refractivity contribution in [2.24, 2.45) is 0 Å². The van der Waals surface area contributed by atoms with Crippen molar-refractivity contribution in [1.82, 2.24) is 9.80 Å². The second-order valence-electron chi connectivity index (χ2n) is 5.58. The fourth-order valence-corrected chi connectivity index (χ4v) is 2.69. The van der Waals surface area contributed by atoms with Gasteiger partial charge in [-0.1, -0.05) is 12.1 Å². The van der Waals surface area contributed by atoms with Crippen LogP contribution in [-0.2, 0) is 14.3 Å². The molecule has 0 bridgehead atoms. The second-order valence-corrected chi connectivity index (χ2v) is 5.58. The molecule has 0 saturated carbocycles. The summed E-state index contributed by atoms with van der Waals surface area (Å²) in [4.78, 5) is 39.2. The molecule has 7 nitrogen and oxygen atoms in total. The van der Waals surface area contributed by atoms with E-state index in [2.05, 4.69) is 0 Å². The minimum absolute atomic E-state index is 0.181. The van der Waals surface area contributed by atoms with Crippen LogP contribution in [0.1, 0.15) is 20.7 Å². The van der Waals surface area contributed by atoms with E-state index in [0.717, 1.165) is 4.90 Å².